The standard InChI is InChI=1S/C25H21ClN2O3/c1-16-8-11-19(26)14-21(16)27-23-22(18-6-4-3-5-7-18)24(29)28(25(23)30)15-17-9-12-20(31-2)13-10-17/h3-14,27H,15H2,1-2H3. The second kappa shape index (κ2) is 8.66. The van der Waals surface area contributed by atoms with Gasteiger partial charge in [-0.05, 0) is 47.9 Å². The van der Waals surface area contributed by atoms with Gasteiger partial charge in [0.25, 0.3) is 11.8 Å². The van der Waals surface area contributed by atoms with Crippen molar-refractivity contribution in [1.29, 1.82) is 0 Å². The molecule has 4 rings (SSSR count). The van der Waals surface area contributed by atoms with Gasteiger partial charge >= 0.3 is 0 Å². The van der Waals surface area contributed by atoms with Crippen LogP contribution < -0.4 is 10.1 Å². The van der Waals surface area contributed by atoms with Crippen molar-refractivity contribution in [2.45, 2.75) is 13.5 Å². The fourth-order valence-electron chi connectivity index (χ4n) is 3.49. The zero-order chi connectivity index (χ0) is 22.0. The Kier molecular flexibility index (Phi) is 5.78. The van der Waals surface area contributed by atoms with Gasteiger partial charge in [0.2, 0.25) is 0 Å². The van der Waals surface area contributed by atoms with Crippen LogP contribution in [0.5, 0.6) is 5.75 Å². The van der Waals surface area contributed by atoms with Crippen molar-refractivity contribution >= 4 is 34.7 Å². The largest absolute Gasteiger partial charge is 0.497 e. The lowest BCUT2D eigenvalue weighted by atomic mass is 10.0. The van der Waals surface area contributed by atoms with Crippen LogP contribution in [-0.4, -0.2) is 23.8 Å². The maximum atomic E-state index is 13.4. The Balaban J connectivity index is 1.72. The number of amides is 2. The zero-order valence-electron chi connectivity index (χ0n) is 17.2. The number of ether oxygens (including phenoxy) is 1. The van der Waals surface area contributed by atoms with Crippen molar-refractivity contribution in [3.8, 4) is 5.75 Å². The van der Waals surface area contributed by atoms with E-state index in [1.807, 2.05) is 55.5 Å². The summed E-state index contributed by atoms with van der Waals surface area (Å²) < 4.78 is 5.18. The van der Waals surface area contributed by atoms with E-state index in [1.165, 1.54) is 4.90 Å². The van der Waals surface area contributed by atoms with Gasteiger partial charge in [-0.1, -0.05) is 60.1 Å². The van der Waals surface area contributed by atoms with Gasteiger partial charge in [0.1, 0.15) is 11.4 Å². The summed E-state index contributed by atoms with van der Waals surface area (Å²) in [6, 6.07) is 21.9. The summed E-state index contributed by atoms with van der Waals surface area (Å²) in [6.07, 6.45) is 0. The number of hydrogen-bond donors (Lipinski definition) is 1. The van der Waals surface area contributed by atoms with Crippen molar-refractivity contribution in [3.63, 3.8) is 0 Å². The number of carbonyl (C=O) groups excluding carboxylic acids is 2. The SMILES string of the molecule is COc1ccc(CN2C(=O)C(Nc3cc(Cl)ccc3C)=C(c3ccccc3)C2=O)cc1. The summed E-state index contributed by atoms with van der Waals surface area (Å²) in [5.74, 6) is -0.00189. The van der Waals surface area contributed by atoms with Gasteiger partial charge in [-0.3, -0.25) is 14.5 Å². The minimum atomic E-state index is -0.376. The number of aryl methyl sites for hydroxylation is 1. The normalized spacial score (nSPS) is 13.7. The van der Waals surface area contributed by atoms with E-state index < -0.39 is 0 Å². The fourth-order valence-corrected chi connectivity index (χ4v) is 3.66. The monoisotopic (exact) mass is 432 g/mol. The van der Waals surface area contributed by atoms with Crippen LogP contribution in [0.15, 0.2) is 78.5 Å². The molecule has 0 fully saturated rings. The molecule has 0 aromatic heterocycles. The summed E-state index contributed by atoms with van der Waals surface area (Å²) in [6.45, 7) is 2.08. The Labute approximate surface area is 185 Å². The number of imide groups is 1. The highest BCUT2D eigenvalue weighted by Crippen LogP contribution is 2.33. The smallest absolute Gasteiger partial charge is 0.278 e. The summed E-state index contributed by atoms with van der Waals surface area (Å²) >= 11 is 6.15. The summed E-state index contributed by atoms with van der Waals surface area (Å²) in [7, 11) is 1.59. The quantitative estimate of drug-likeness (QED) is 0.554. The highest BCUT2D eigenvalue weighted by Gasteiger charge is 2.39. The lowest BCUT2D eigenvalue weighted by molar-refractivity contribution is -0.137. The van der Waals surface area contributed by atoms with Crippen LogP contribution in [0.4, 0.5) is 5.69 Å². The van der Waals surface area contributed by atoms with Crippen molar-refractivity contribution < 1.29 is 14.3 Å². The number of nitrogens with zero attached hydrogens (tertiary/aromatic N) is 1. The second-order valence-corrected chi connectivity index (χ2v) is 7.68. The van der Waals surface area contributed by atoms with Crippen LogP contribution in [0.2, 0.25) is 5.02 Å². The zero-order valence-corrected chi connectivity index (χ0v) is 17.9. The maximum Gasteiger partial charge on any atom is 0.278 e. The lowest BCUT2D eigenvalue weighted by Gasteiger charge is -2.16. The molecular formula is C25H21ClN2O3. The lowest BCUT2D eigenvalue weighted by Crippen LogP contribution is -2.32. The van der Waals surface area contributed by atoms with Crippen LogP contribution in [0.1, 0.15) is 16.7 Å². The molecule has 0 unspecified atom stereocenters. The predicted molar refractivity (Wildman–Crippen MR) is 122 cm³/mol. The van der Waals surface area contributed by atoms with Crippen LogP contribution in [0, 0.1) is 6.92 Å². The number of carbonyl (C=O) groups is 2. The number of nitrogens with one attached hydrogen (secondary N) is 1. The van der Waals surface area contributed by atoms with Crippen molar-refractivity contribution in [3.05, 3.63) is 100 Å². The molecule has 31 heavy (non-hydrogen) atoms. The Morgan fingerprint density at radius 2 is 1.65 bits per heavy atom. The van der Waals surface area contributed by atoms with Gasteiger partial charge in [0.15, 0.2) is 0 Å². The molecule has 0 saturated heterocycles. The number of benzene rings is 3. The van der Waals surface area contributed by atoms with E-state index in [2.05, 4.69) is 5.32 Å². The molecule has 6 heteroatoms. The third-order valence-electron chi connectivity index (χ3n) is 5.19. The number of halogens is 1. The van der Waals surface area contributed by atoms with Crippen LogP contribution in [0.25, 0.3) is 5.57 Å². The summed E-state index contributed by atoms with van der Waals surface area (Å²) in [4.78, 5) is 28.0. The molecular weight excluding hydrogens is 412 g/mol. The highest BCUT2D eigenvalue weighted by molar-refractivity contribution is 6.36. The summed E-state index contributed by atoms with van der Waals surface area (Å²) in [5, 5.41) is 3.72. The van der Waals surface area contributed by atoms with E-state index in [4.69, 9.17) is 16.3 Å². The first-order chi connectivity index (χ1) is 15.0. The first kappa shape index (κ1) is 20.7. The van der Waals surface area contributed by atoms with E-state index in [1.54, 1.807) is 31.4 Å². The molecule has 0 radical (unpaired) electrons. The third kappa shape index (κ3) is 4.18. The highest BCUT2D eigenvalue weighted by atomic mass is 35.5. The maximum absolute atomic E-state index is 13.4. The predicted octanol–water partition coefficient (Wildman–Crippen LogP) is 5.05. The molecule has 1 aliphatic heterocycles. The Morgan fingerprint density at radius 1 is 0.935 bits per heavy atom. The second-order valence-electron chi connectivity index (χ2n) is 7.24. The van der Waals surface area contributed by atoms with E-state index in [0.717, 1.165) is 11.1 Å². The molecule has 1 N–H and O–H groups in total. The van der Waals surface area contributed by atoms with E-state index in [-0.39, 0.29) is 24.1 Å². The van der Waals surface area contributed by atoms with Gasteiger partial charge in [0, 0.05) is 10.7 Å². The fraction of sp³-hybridized carbons (Fsp3) is 0.120. The van der Waals surface area contributed by atoms with E-state index in [0.29, 0.717) is 27.6 Å². The Morgan fingerprint density at radius 3 is 2.32 bits per heavy atom. The van der Waals surface area contributed by atoms with E-state index >= 15 is 0 Å². The van der Waals surface area contributed by atoms with Gasteiger partial charge in [-0.15, -0.1) is 0 Å². The molecule has 0 aliphatic carbocycles. The number of rotatable bonds is 6. The molecule has 1 heterocycles. The number of anilines is 1. The molecule has 0 spiro atoms. The Bertz CT molecular complexity index is 1170. The average Bonchev–Trinajstić information content (AvgIpc) is 3.01. The van der Waals surface area contributed by atoms with Crippen molar-refractivity contribution in [1.82, 2.24) is 4.90 Å². The topological polar surface area (TPSA) is 58.6 Å². The van der Waals surface area contributed by atoms with E-state index in [9.17, 15) is 9.59 Å². The first-order valence-corrected chi connectivity index (χ1v) is 10.2. The van der Waals surface area contributed by atoms with Gasteiger partial charge in [0.05, 0.1) is 19.2 Å². The van der Waals surface area contributed by atoms with Crippen LogP contribution in [-0.2, 0) is 16.1 Å². The molecule has 0 bridgehead atoms. The number of methoxy groups -OCH3 is 1. The number of hydrogen-bond acceptors (Lipinski definition) is 4. The molecule has 3 aromatic rings. The van der Waals surface area contributed by atoms with Crippen molar-refractivity contribution in [2.24, 2.45) is 0 Å². The van der Waals surface area contributed by atoms with Gasteiger partial charge < -0.3 is 10.1 Å². The average molecular weight is 433 g/mol. The van der Waals surface area contributed by atoms with Gasteiger partial charge in [-0.2, -0.15) is 0 Å². The first-order valence-electron chi connectivity index (χ1n) is 9.80. The molecule has 2 amide bonds. The Hall–Kier alpha value is -3.57. The minimum absolute atomic E-state index is 0.164. The molecule has 5 nitrogen and oxygen atoms in total. The summed E-state index contributed by atoms with van der Waals surface area (Å²) in [5.41, 5.74) is 3.70. The minimum Gasteiger partial charge on any atom is -0.497 e. The third-order valence-corrected chi connectivity index (χ3v) is 5.42. The molecule has 1 aliphatic rings. The van der Waals surface area contributed by atoms with Gasteiger partial charge in [-0.25, -0.2) is 0 Å². The molecule has 3 aromatic carbocycles. The molecule has 156 valence electrons. The molecule has 0 atom stereocenters. The van der Waals surface area contributed by atoms with Crippen molar-refractivity contribution in [2.75, 3.05) is 12.4 Å². The van der Waals surface area contributed by atoms with Crippen LogP contribution in [0.3, 0.4) is 0 Å². The molecule has 0 saturated carbocycles. The van der Waals surface area contributed by atoms with Crippen LogP contribution >= 0.6 is 11.6 Å².